The van der Waals surface area contributed by atoms with Crippen LogP contribution in [0, 0.1) is 5.82 Å². The number of fused-ring (bicyclic) bond motifs is 1. The van der Waals surface area contributed by atoms with Crippen LogP contribution in [-0.2, 0) is 13.1 Å². The molecule has 0 radical (unpaired) electrons. The Bertz CT molecular complexity index is 921. The van der Waals surface area contributed by atoms with Crippen molar-refractivity contribution in [2.45, 2.75) is 19.5 Å². The lowest BCUT2D eigenvalue weighted by Gasteiger charge is -2.32. The van der Waals surface area contributed by atoms with Crippen LogP contribution in [0.15, 0.2) is 30.3 Å². The van der Waals surface area contributed by atoms with Crippen LogP contribution in [0.2, 0.25) is 0 Å². The number of nitrogens with one attached hydrogen (secondary N) is 1. The Morgan fingerprint density at radius 3 is 2.58 bits per heavy atom. The molecule has 0 saturated carbocycles. The minimum Gasteiger partial charge on any atom is -0.349 e. The predicted octanol–water partition coefficient (Wildman–Crippen LogP) is 1.05. The third kappa shape index (κ3) is 5.29. The maximum atomic E-state index is 13.2. The van der Waals surface area contributed by atoms with Gasteiger partial charge in [0.2, 0.25) is 0 Å². The number of hydrogen-bond acceptors (Lipinski definition) is 5. The lowest BCUT2D eigenvalue weighted by atomic mass is 10.2. The fraction of sp³-hybridized carbons (Fsp3) is 0.500. The molecule has 1 aromatic carbocycles. The standard InChI is InChI=1S/C22H29FN6O2/c1-26-11-13-27(14-12-26)10-7-24-21(30)19-15-20-22(31)28(8-2-9-29(20)25-19)16-17-3-5-18(23)6-4-17/h3-6,15H,2,7-14,16H2,1H3,(H,24,30). The molecule has 2 amide bonds. The van der Waals surface area contributed by atoms with Crippen LogP contribution in [0.25, 0.3) is 0 Å². The summed E-state index contributed by atoms with van der Waals surface area (Å²) in [7, 11) is 2.12. The fourth-order valence-corrected chi connectivity index (χ4v) is 4.00. The monoisotopic (exact) mass is 428 g/mol. The zero-order valence-electron chi connectivity index (χ0n) is 17.9. The Morgan fingerprint density at radius 1 is 1.10 bits per heavy atom. The van der Waals surface area contributed by atoms with Gasteiger partial charge in [0.15, 0.2) is 5.69 Å². The van der Waals surface area contributed by atoms with E-state index in [-0.39, 0.29) is 23.3 Å². The molecule has 166 valence electrons. The minimum atomic E-state index is -0.299. The second kappa shape index (κ2) is 9.57. The van der Waals surface area contributed by atoms with E-state index in [1.807, 2.05) is 0 Å². The number of carbonyl (C=O) groups is 2. The molecular weight excluding hydrogens is 399 g/mol. The highest BCUT2D eigenvalue weighted by Gasteiger charge is 2.26. The van der Waals surface area contributed by atoms with Gasteiger partial charge in [-0.25, -0.2) is 4.39 Å². The van der Waals surface area contributed by atoms with Crippen molar-refractivity contribution in [3.8, 4) is 0 Å². The van der Waals surface area contributed by atoms with Crippen LogP contribution >= 0.6 is 0 Å². The van der Waals surface area contributed by atoms with E-state index in [9.17, 15) is 14.0 Å². The Labute approximate surface area is 181 Å². The molecule has 8 nitrogen and oxygen atoms in total. The zero-order chi connectivity index (χ0) is 21.8. The molecule has 2 aliphatic heterocycles. The molecule has 9 heteroatoms. The Morgan fingerprint density at radius 2 is 1.84 bits per heavy atom. The van der Waals surface area contributed by atoms with Gasteiger partial charge in [-0.1, -0.05) is 12.1 Å². The molecule has 2 aliphatic rings. The minimum absolute atomic E-state index is 0.161. The summed E-state index contributed by atoms with van der Waals surface area (Å²) in [5.74, 6) is -0.717. The summed E-state index contributed by atoms with van der Waals surface area (Å²) in [6.07, 6.45) is 0.742. The maximum Gasteiger partial charge on any atom is 0.272 e. The number of carbonyl (C=O) groups excluding carboxylic acids is 2. The number of rotatable bonds is 6. The summed E-state index contributed by atoms with van der Waals surface area (Å²) in [5, 5.41) is 7.30. The summed E-state index contributed by atoms with van der Waals surface area (Å²) in [5.41, 5.74) is 1.55. The molecule has 0 unspecified atom stereocenters. The third-order valence-electron chi connectivity index (χ3n) is 5.91. The molecule has 0 bridgehead atoms. The number of piperazine rings is 1. The molecule has 1 saturated heterocycles. The van der Waals surface area contributed by atoms with Crippen molar-refractivity contribution in [1.29, 1.82) is 0 Å². The van der Waals surface area contributed by atoms with Gasteiger partial charge >= 0.3 is 0 Å². The topological polar surface area (TPSA) is 73.7 Å². The lowest BCUT2D eigenvalue weighted by molar-refractivity contribution is 0.0745. The van der Waals surface area contributed by atoms with Crippen molar-refractivity contribution in [3.05, 3.63) is 53.1 Å². The van der Waals surface area contributed by atoms with Crippen LogP contribution in [0.4, 0.5) is 4.39 Å². The van der Waals surface area contributed by atoms with Crippen LogP contribution in [-0.4, -0.2) is 89.2 Å². The van der Waals surface area contributed by atoms with Crippen LogP contribution in [0.3, 0.4) is 0 Å². The van der Waals surface area contributed by atoms with E-state index in [2.05, 4.69) is 27.3 Å². The van der Waals surface area contributed by atoms with Crippen molar-refractivity contribution < 1.29 is 14.0 Å². The van der Waals surface area contributed by atoms with Crippen molar-refractivity contribution in [3.63, 3.8) is 0 Å². The molecule has 1 aromatic heterocycles. The van der Waals surface area contributed by atoms with Crippen molar-refractivity contribution in [2.24, 2.45) is 0 Å². The van der Waals surface area contributed by atoms with E-state index in [4.69, 9.17) is 0 Å². The molecule has 0 aliphatic carbocycles. The van der Waals surface area contributed by atoms with E-state index in [1.165, 1.54) is 12.1 Å². The number of halogens is 1. The van der Waals surface area contributed by atoms with Gasteiger partial charge in [0, 0.05) is 65.0 Å². The van der Waals surface area contributed by atoms with Gasteiger partial charge in [-0.3, -0.25) is 19.2 Å². The highest BCUT2D eigenvalue weighted by atomic mass is 19.1. The van der Waals surface area contributed by atoms with Gasteiger partial charge in [0.1, 0.15) is 11.5 Å². The first kappa shape index (κ1) is 21.5. The Balaban J connectivity index is 1.35. The molecule has 0 atom stereocenters. The number of hydrogen-bond donors (Lipinski definition) is 1. The highest BCUT2D eigenvalue weighted by molar-refractivity contribution is 5.98. The SMILES string of the molecule is CN1CCN(CCNC(=O)c2cc3n(n2)CCCN(Cc2ccc(F)cc2)C3=O)CC1. The van der Waals surface area contributed by atoms with Gasteiger partial charge in [-0.05, 0) is 31.2 Å². The normalized spacial score (nSPS) is 18.0. The smallest absolute Gasteiger partial charge is 0.272 e. The zero-order valence-corrected chi connectivity index (χ0v) is 17.9. The lowest BCUT2D eigenvalue weighted by Crippen LogP contribution is -2.46. The molecule has 31 heavy (non-hydrogen) atoms. The van der Waals surface area contributed by atoms with Crippen molar-refractivity contribution in [1.82, 2.24) is 29.8 Å². The van der Waals surface area contributed by atoms with E-state index in [1.54, 1.807) is 27.8 Å². The summed E-state index contributed by atoms with van der Waals surface area (Å²) < 4.78 is 14.8. The molecule has 1 N–H and O–H groups in total. The van der Waals surface area contributed by atoms with E-state index in [0.717, 1.165) is 44.7 Å². The van der Waals surface area contributed by atoms with Crippen molar-refractivity contribution in [2.75, 3.05) is 52.9 Å². The molecule has 4 rings (SSSR count). The summed E-state index contributed by atoms with van der Waals surface area (Å²) >= 11 is 0. The second-order valence-electron chi connectivity index (χ2n) is 8.25. The van der Waals surface area contributed by atoms with E-state index >= 15 is 0 Å². The van der Waals surface area contributed by atoms with E-state index < -0.39 is 0 Å². The second-order valence-corrected chi connectivity index (χ2v) is 8.25. The first-order valence-corrected chi connectivity index (χ1v) is 10.8. The molecule has 2 aromatic rings. The predicted molar refractivity (Wildman–Crippen MR) is 114 cm³/mol. The maximum absolute atomic E-state index is 13.2. The largest absolute Gasteiger partial charge is 0.349 e. The van der Waals surface area contributed by atoms with Gasteiger partial charge in [0.05, 0.1) is 0 Å². The number of aromatic nitrogens is 2. The number of amides is 2. The van der Waals surface area contributed by atoms with Gasteiger partial charge in [-0.15, -0.1) is 0 Å². The Hall–Kier alpha value is -2.78. The Kier molecular flexibility index (Phi) is 6.62. The van der Waals surface area contributed by atoms with Crippen molar-refractivity contribution >= 4 is 11.8 Å². The van der Waals surface area contributed by atoms with Gasteiger partial charge in [0.25, 0.3) is 11.8 Å². The van der Waals surface area contributed by atoms with Crippen LogP contribution < -0.4 is 5.32 Å². The van der Waals surface area contributed by atoms with Gasteiger partial charge in [-0.2, -0.15) is 5.10 Å². The highest BCUT2D eigenvalue weighted by Crippen LogP contribution is 2.17. The summed E-state index contributed by atoms with van der Waals surface area (Å²) in [4.78, 5) is 32.0. The summed E-state index contributed by atoms with van der Waals surface area (Å²) in [6, 6.07) is 7.74. The number of benzene rings is 1. The molecule has 1 fully saturated rings. The number of aryl methyl sites for hydroxylation is 1. The molecular formula is C22H29FN6O2. The van der Waals surface area contributed by atoms with Crippen LogP contribution in [0.5, 0.6) is 0 Å². The molecule has 3 heterocycles. The van der Waals surface area contributed by atoms with Crippen LogP contribution in [0.1, 0.15) is 33.0 Å². The third-order valence-corrected chi connectivity index (χ3v) is 5.91. The van der Waals surface area contributed by atoms with E-state index in [0.29, 0.717) is 31.9 Å². The fourth-order valence-electron chi connectivity index (χ4n) is 4.00. The average molecular weight is 429 g/mol. The summed E-state index contributed by atoms with van der Waals surface area (Å²) in [6.45, 7) is 7.01. The first-order chi connectivity index (χ1) is 15.0. The average Bonchev–Trinajstić information content (AvgIpc) is 3.14. The number of nitrogens with zero attached hydrogens (tertiary/aromatic N) is 5. The number of likely N-dealkylation sites (N-methyl/N-ethyl adjacent to an activating group) is 1. The first-order valence-electron chi connectivity index (χ1n) is 10.8. The quantitative estimate of drug-likeness (QED) is 0.745. The van der Waals surface area contributed by atoms with Gasteiger partial charge < -0.3 is 15.1 Å². The molecule has 0 spiro atoms.